The third kappa shape index (κ3) is 4.76. The second kappa shape index (κ2) is 8.85. The molecular weight excluding hydrogens is 422 g/mol. The van der Waals surface area contributed by atoms with Crippen molar-refractivity contribution in [3.63, 3.8) is 0 Å². The number of anilines is 2. The maximum atomic E-state index is 11.9. The number of nitrogens with one attached hydrogen (secondary N) is 2. The van der Waals surface area contributed by atoms with Crippen LogP contribution in [0.2, 0.25) is 0 Å². The van der Waals surface area contributed by atoms with Crippen LogP contribution in [0.4, 0.5) is 11.8 Å². The van der Waals surface area contributed by atoms with Gasteiger partial charge in [0.25, 0.3) is 0 Å². The molecule has 11 nitrogen and oxygen atoms in total. The van der Waals surface area contributed by atoms with Gasteiger partial charge in [0.15, 0.2) is 17.0 Å². The summed E-state index contributed by atoms with van der Waals surface area (Å²) in [5.41, 5.74) is 1.31. The van der Waals surface area contributed by atoms with E-state index in [1.165, 1.54) is 10.6 Å². The van der Waals surface area contributed by atoms with Crippen LogP contribution in [0.3, 0.4) is 0 Å². The van der Waals surface area contributed by atoms with Gasteiger partial charge in [-0.25, -0.2) is 17.7 Å². The first-order valence-corrected chi connectivity index (χ1v) is 12.6. The first kappa shape index (κ1) is 22.2. The van der Waals surface area contributed by atoms with Crippen molar-refractivity contribution in [2.75, 3.05) is 43.2 Å². The predicted octanol–water partition coefficient (Wildman–Crippen LogP) is 0.805. The van der Waals surface area contributed by atoms with Crippen molar-refractivity contribution in [2.45, 2.75) is 57.3 Å². The zero-order chi connectivity index (χ0) is 22.2. The maximum absolute atomic E-state index is 11.9. The molecule has 2 aliphatic rings. The molecule has 0 aromatic carbocycles. The fraction of sp³-hybridized carbons (Fsp3) is 0.737. The van der Waals surface area contributed by atoms with Crippen LogP contribution in [0.1, 0.15) is 39.2 Å². The number of fused-ring (bicyclic) bond motifs is 1. The third-order valence-electron chi connectivity index (χ3n) is 5.86. The van der Waals surface area contributed by atoms with Crippen LogP contribution in [0.5, 0.6) is 0 Å². The van der Waals surface area contributed by atoms with Crippen LogP contribution in [0.15, 0.2) is 6.33 Å². The number of ether oxygens (including phenoxy) is 1. The zero-order valence-corrected chi connectivity index (χ0v) is 19.0. The molecule has 4 rings (SSSR count). The van der Waals surface area contributed by atoms with Gasteiger partial charge in [0.2, 0.25) is 16.0 Å². The summed E-state index contributed by atoms with van der Waals surface area (Å²) in [6, 6.07) is -0.230. The molecule has 2 aromatic rings. The number of aliphatic hydroxyl groups excluding tert-OH is 1. The van der Waals surface area contributed by atoms with E-state index in [2.05, 4.69) is 25.6 Å². The van der Waals surface area contributed by atoms with E-state index in [9.17, 15) is 13.5 Å². The minimum absolute atomic E-state index is 0.0725. The maximum Gasteiger partial charge on any atom is 0.227 e. The average Bonchev–Trinajstić information content (AvgIpc) is 3.45. The molecular formula is C19H31N7O4S. The smallest absolute Gasteiger partial charge is 0.227 e. The van der Waals surface area contributed by atoms with Crippen molar-refractivity contribution in [3.8, 4) is 0 Å². The van der Waals surface area contributed by atoms with E-state index in [-0.39, 0.29) is 30.8 Å². The van der Waals surface area contributed by atoms with Gasteiger partial charge in [-0.2, -0.15) is 9.97 Å². The topological polar surface area (TPSA) is 134 Å². The van der Waals surface area contributed by atoms with E-state index >= 15 is 0 Å². The summed E-state index contributed by atoms with van der Waals surface area (Å²) in [4.78, 5) is 13.8. The number of aliphatic hydroxyl groups is 1. The first-order valence-electron chi connectivity index (χ1n) is 10.7. The van der Waals surface area contributed by atoms with Gasteiger partial charge in [0.05, 0.1) is 31.3 Å². The molecule has 0 amide bonds. The molecule has 31 heavy (non-hydrogen) atoms. The van der Waals surface area contributed by atoms with E-state index in [4.69, 9.17) is 4.74 Å². The molecule has 2 aliphatic heterocycles. The number of rotatable bonds is 8. The number of aromatic nitrogens is 4. The van der Waals surface area contributed by atoms with Crippen LogP contribution in [0.25, 0.3) is 11.2 Å². The summed E-state index contributed by atoms with van der Waals surface area (Å²) >= 11 is 0. The van der Waals surface area contributed by atoms with Crippen LogP contribution < -0.4 is 10.6 Å². The molecule has 3 atom stereocenters. The highest BCUT2D eigenvalue weighted by atomic mass is 32.2. The Hall–Kier alpha value is -2.02. The van der Waals surface area contributed by atoms with Crippen LogP contribution in [-0.4, -0.2) is 88.1 Å². The standard InChI is InChI=1S/C19H31N7O4S/c1-12(2)26-11-20-16-17(21-13-6-7-25(9-13)31(3,28)29)23-19(24-18(16)26)22-14(10-27)15-5-4-8-30-15/h11-15,27H,4-10H2,1-3H3,(H2,21,22,23,24)/t13-,14?,15?/m0/s1. The fourth-order valence-electron chi connectivity index (χ4n) is 4.14. The molecule has 4 heterocycles. The summed E-state index contributed by atoms with van der Waals surface area (Å²) in [5, 5.41) is 16.5. The lowest BCUT2D eigenvalue weighted by Crippen LogP contribution is -2.37. The van der Waals surface area contributed by atoms with Crippen molar-refractivity contribution in [2.24, 2.45) is 0 Å². The van der Waals surface area contributed by atoms with Crippen molar-refractivity contribution in [1.29, 1.82) is 0 Å². The van der Waals surface area contributed by atoms with E-state index in [1.807, 2.05) is 18.4 Å². The fourth-order valence-corrected chi connectivity index (χ4v) is 5.03. The first-order chi connectivity index (χ1) is 14.8. The number of imidazole rings is 1. The highest BCUT2D eigenvalue weighted by Gasteiger charge is 2.30. The molecule has 3 N–H and O–H groups in total. The van der Waals surface area contributed by atoms with Crippen molar-refractivity contribution in [3.05, 3.63) is 6.33 Å². The Kier molecular flexibility index (Phi) is 6.33. The summed E-state index contributed by atoms with van der Waals surface area (Å²) in [5.74, 6) is 0.932. The number of hydrogen-bond acceptors (Lipinski definition) is 9. The number of sulfonamides is 1. The minimum atomic E-state index is -3.23. The van der Waals surface area contributed by atoms with Crippen LogP contribution >= 0.6 is 0 Å². The average molecular weight is 454 g/mol. The normalized spacial score (nSPS) is 23.6. The van der Waals surface area contributed by atoms with Gasteiger partial charge in [0.1, 0.15) is 0 Å². The summed E-state index contributed by atoms with van der Waals surface area (Å²) in [7, 11) is -3.23. The molecule has 0 radical (unpaired) electrons. The van der Waals surface area contributed by atoms with Crippen molar-refractivity contribution >= 4 is 33.0 Å². The van der Waals surface area contributed by atoms with Gasteiger partial charge in [-0.05, 0) is 33.1 Å². The summed E-state index contributed by atoms with van der Waals surface area (Å²) < 4.78 is 32.9. The summed E-state index contributed by atoms with van der Waals surface area (Å²) in [6.45, 7) is 5.55. The van der Waals surface area contributed by atoms with Gasteiger partial charge >= 0.3 is 0 Å². The molecule has 2 aromatic heterocycles. The molecule has 2 saturated heterocycles. The second-order valence-corrected chi connectivity index (χ2v) is 10.5. The molecule has 0 saturated carbocycles. The molecule has 0 spiro atoms. The largest absolute Gasteiger partial charge is 0.394 e. The van der Waals surface area contributed by atoms with Crippen LogP contribution in [-0.2, 0) is 14.8 Å². The Balaban J connectivity index is 1.63. The SMILES string of the molecule is CC(C)n1cnc2c(N[C@H]3CCN(S(C)(=O)=O)C3)nc(NC(CO)C3CCCO3)nc21. The van der Waals surface area contributed by atoms with E-state index in [1.54, 1.807) is 6.33 Å². The van der Waals surface area contributed by atoms with Crippen LogP contribution in [0, 0.1) is 0 Å². The van der Waals surface area contributed by atoms with E-state index in [0.717, 1.165) is 12.8 Å². The highest BCUT2D eigenvalue weighted by molar-refractivity contribution is 7.88. The molecule has 0 aliphatic carbocycles. The molecule has 172 valence electrons. The van der Waals surface area contributed by atoms with Gasteiger partial charge in [-0.15, -0.1) is 0 Å². The van der Waals surface area contributed by atoms with Gasteiger partial charge in [-0.3, -0.25) is 0 Å². The van der Waals surface area contributed by atoms with E-state index < -0.39 is 10.0 Å². The van der Waals surface area contributed by atoms with Gasteiger partial charge in [-0.1, -0.05) is 0 Å². The lowest BCUT2D eigenvalue weighted by Gasteiger charge is -2.23. The highest BCUT2D eigenvalue weighted by Crippen LogP contribution is 2.27. The minimum Gasteiger partial charge on any atom is -0.394 e. The van der Waals surface area contributed by atoms with Crippen molar-refractivity contribution in [1.82, 2.24) is 23.8 Å². The third-order valence-corrected chi connectivity index (χ3v) is 7.13. The monoisotopic (exact) mass is 453 g/mol. The molecule has 12 heteroatoms. The van der Waals surface area contributed by atoms with Gasteiger partial charge in [0, 0.05) is 31.8 Å². The van der Waals surface area contributed by atoms with Gasteiger partial charge < -0.3 is 25.0 Å². The van der Waals surface area contributed by atoms with E-state index in [0.29, 0.717) is 49.0 Å². The molecule has 0 bridgehead atoms. The second-order valence-electron chi connectivity index (χ2n) is 8.55. The Morgan fingerprint density at radius 2 is 2.13 bits per heavy atom. The lowest BCUT2D eigenvalue weighted by atomic mass is 10.1. The number of hydrogen-bond donors (Lipinski definition) is 3. The Labute approximate surface area is 182 Å². The quantitative estimate of drug-likeness (QED) is 0.530. The molecule has 2 unspecified atom stereocenters. The summed E-state index contributed by atoms with van der Waals surface area (Å²) in [6.07, 6.45) is 5.40. The molecule has 2 fully saturated rings. The lowest BCUT2D eigenvalue weighted by molar-refractivity contribution is 0.0755. The van der Waals surface area contributed by atoms with Crippen molar-refractivity contribution < 1.29 is 18.3 Å². The zero-order valence-electron chi connectivity index (χ0n) is 18.2. The predicted molar refractivity (Wildman–Crippen MR) is 118 cm³/mol. The number of nitrogens with zero attached hydrogens (tertiary/aromatic N) is 5. The Morgan fingerprint density at radius 1 is 1.32 bits per heavy atom. The Morgan fingerprint density at radius 3 is 2.74 bits per heavy atom. The Bertz CT molecular complexity index is 1020.